The zero-order valence-electron chi connectivity index (χ0n) is 9.98. The maximum Gasteiger partial charge on any atom is 0.156 e. The number of likely N-dealkylation sites (tertiary alicyclic amines) is 1. The monoisotopic (exact) mass is 246 g/mol. The van der Waals surface area contributed by atoms with E-state index in [1.54, 1.807) is 0 Å². The predicted octanol–water partition coefficient (Wildman–Crippen LogP) is 0.247. The van der Waals surface area contributed by atoms with Gasteiger partial charge in [0.2, 0.25) is 0 Å². The molecular weight excluding hydrogens is 224 g/mol. The van der Waals surface area contributed by atoms with Crippen LogP contribution in [0.2, 0.25) is 0 Å². The van der Waals surface area contributed by atoms with Gasteiger partial charge in [-0.15, -0.1) is 0 Å². The molecule has 16 heavy (non-hydrogen) atoms. The summed E-state index contributed by atoms with van der Waals surface area (Å²) < 4.78 is 24.8. The molecule has 0 spiro atoms. The van der Waals surface area contributed by atoms with Gasteiger partial charge in [-0.25, -0.2) is 8.42 Å². The number of rotatable bonds is 2. The summed E-state index contributed by atoms with van der Waals surface area (Å²) >= 11 is 0. The van der Waals surface area contributed by atoms with Gasteiger partial charge in [0.1, 0.15) is 0 Å². The van der Waals surface area contributed by atoms with Crippen LogP contribution in [0.4, 0.5) is 0 Å². The molecule has 0 aromatic carbocycles. The van der Waals surface area contributed by atoms with E-state index >= 15 is 0 Å². The highest BCUT2D eigenvalue weighted by molar-refractivity contribution is 7.92. The maximum absolute atomic E-state index is 12.4. The molecule has 0 aliphatic carbocycles. The highest BCUT2D eigenvalue weighted by Gasteiger charge is 2.35. The van der Waals surface area contributed by atoms with Crippen LogP contribution in [-0.4, -0.2) is 57.0 Å². The minimum atomic E-state index is -2.88. The average Bonchev–Trinajstić information content (AvgIpc) is 2.31. The Balaban J connectivity index is 2.00. The molecule has 0 aromatic rings. The van der Waals surface area contributed by atoms with Gasteiger partial charge >= 0.3 is 0 Å². The summed E-state index contributed by atoms with van der Waals surface area (Å²) in [6, 6.07) is 0. The van der Waals surface area contributed by atoms with Crippen LogP contribution in [0.3, 0.4) is 0 Å². The SMILES string of the molecule is CN1CCC(S(=O)(=O)C2CCNCC2)CC1. The van der Waals surface area contributed by atoms with Gasteiger partial charge in [0.05, 0.1) is 10.5 Å². The Morgan fingerprint density at radius 3 is 2.06 bits per heavy atom. The molecule has 0 atom stereocenters. The van der Waals surface area contributed by atoms with Crippen LogP contribution in [0.5, 0.6) is 0 Å². The van der Waals surface area contributed by atoms with Gasteiger partial charge in [-0.3, -0.25) is 0 Å². The van der Waals surface area contributed by atoms with Gasteiger partial charge in [-0.1, -0.05) is 0 Å². The molecule has 2 fully saturated rings. The molecule has 2 aliphatic rings. The van der Waals surface area contributed by atoms with Crippen LogP contribution in [-0.2, 0) is 9.84 Å². The van der Waals surface area contributed by atoms with Gasteiger partial charge in [0, 0.05) is 0 Å². The molecule has 2 heterocycles. The fraction of sp³-hybridized carbons (Fsp3) is 1.00. The summed E-state index contributed by atoms with van der Waals surface area (Å²) in [5, 5.41) is 3.07. The number of nitrogens with one attached hydrogen (secondary N) is 1. The molecule has 0 radical (unpaired) electrons. The molecule has 2 saturated heterocycles. The zero-order valence-corrected chi connectivity index (χ0v) is 10.8. The third kappa shape index (κ3) is 2.57. The van der Waals surface area contributed by atoms with Crippen LogP contribution in [0.1, 0.15) is 25.7 Å². The third-order valence-corrected chi connectivity index (χ3v) is 6.68. The van der Waals surface area contributed by atoms with E-state index in [1.165, 1.54) is 0 Å². The van der Waals surface area contributed by atoms with Crippen molar-refractivity contribution >= 4 is 9.84 Å². The Hall–Kier alpha value is -0.130. The molecule has 2 aliphatic heterocycles. The lowest BCUT2D eigenvalue weighted by Gasteiger charge is -2.32. The zero-order chi connectivity index (χ0) is 11.6. The van der Waals surface area contributed by atoms with Crippen molar-refractivity contribution in [3.63, 3.8) is 0 Å². The van der Waals surface area contributed by atoms with Crippen molar-refractivity contribution in [2.24, 2.45) is 0 Å². The summed E-state index contributed by atoms with van der Waals surface area (Å²) in [7, 11) is -0.812. The Kier molecular flexibility index (Phi) is 3.87. The molecule has 5 heteroatoms. The Bertz CT molecular complexity index is 315. The van der Waals surface area contributed by atoms with Crippen molar-refractivity contribution in [1.82, 2.24) is 10.2 Å². The lowest BCUT2D eigenvalue weighted by molar-refractivity contribution is 0.276. The minimum Gasteiger partial charge on any atom is -0.317 e. The fourth-order valence-corrected chi connectivity index (χ4v) is 5.01. The predicted molar refractivity (Wildman–Crippen MR) is 65.3 cm³/mol. The maximum atomic E-state index is 12.4. The summed E-state index contributed by atoms with van der Waals surface area (Å²) in [6.45, 7) is 3.57. The standard InChI is InChI=1S/C11H22N2O2S/c1-13-8-4-11(5-9-13)16(14,15)10-2-6-12-7-3-10/h10-12H,2-9H2,1H3. The summed E-state index contributed by atoms with van der Waals surface area (Å²) in [4.78, 5) is 2.22. The Labute approximate surface area is 98.3 Å². The lowest BCUT2D eigenvalue weighted by Crippen LogP contribution is -2.44. The molecule has 0 unspecified atom stereocenters. The van der Waals surface area contributed by atoms with E-state index in [4.69, 9.17) is 0 Å². The van der Waals surface area contributed by atoms with Crippen molar-refractivity contribution in [3.05, 3.63) is 0 Å². The van der Waals surface area contributed by atoms with Crippen LogP contribution < -0.4 is 5.32 Å². The van der Waals surface area contributed by atoms with E-state index in [-0.39, 0.29) is 10.5 Å². The van der Waals surface area contributed by atoms with Crippen LogP contribution in [0.15, 0.2) is 0 Å². The largest absolute Gasteiger partial charge is 0.317 e. The lowest BCUT2D eigenvalue weighted by atomic mass is 10.1. The van der Waals surface area contributed by atoms with E-state index in [9.17, 15) is 8.42 Å². The molecule has 0 bridgehead atoms. The van der Waals surface area contributed by atoms with Crippen LogP contribution >= 0.6 is 0 Å². The molecule has 2 rings (SSSR count). The normalized spacial score (nSPS) is 27.1. The summed E-state index contributed by atoms with van der Waals surface area (Å²) in [6.07, 6.45) is 3.24. The number of sulfone groups is 1. The second-order valence-electron chi connectivity index (χ2n) is 5.04. The molecular formula is C11H22N2O2S. The van der Waals surface area contributed by atoms with Crippen molar-refractivity contribution in [1.29, 1.82) is 0 Å². The molecule has 1 N–H and O–H groups in total. The minimum absolute atomic E-state index is 0.0770. The second-order valence-corrected chi connectivity index (χ2v) is 7.55. The third-order valence-electron chi connectivity index (χ3n) is 3.88. The fourth-order valence-electron chi connectivity index (χ4n) is 2.71. The van der Waals surface area contributed by atoms with Gasteiger partial charge < -0.3 is 10.2 Å². The first-order valence-corrected chi connectivity index (χ1v) is 7.83. The van der Waals surface area contributed by atoms with Gasteiger partial charge in [-0.2, -0.15) is 0 Å². The highest BCUT2D eigenvalue weighted by Crippen LogP contribution is 2.25. The number of nitrogens with zero attached hydrogens (tertiary/aromatic N) is 1. The van der Waals surface area contributed by atoms with Gasteiger partial charge in [0.15, 0.2) is 9.84 Å². The van der Waals surface area contributed by atoms with Crippen molar-refractivity contribution in [3.8, 4) is 0 Å². The first-order valence-electron chi connectivity index (χ1n) is 6.22. The second kappa shape index (κ2) is 5.02. The summed E-state index contributed by atoms with van der Waals surface area (Å²) in [5.41, 5.74) is 0. The number of hydrogen-bond donors (Lipinski definition) is 1. The van der Waals surface area contributed by atoms with Crippen LogP contribution in [0, 0.1) is 0 Å². The highest BCUT2D eigenvalue weighted by atomic mass is 32.2. The Morgan fingerprint density at radius 2 is 1.50 bits per heavy atom. The first-order chi connectivity index (χ1) is 7.60. The van der Waals surface area contributed by atoms with Crippen molar-refractivity contribution < 1.29 is 8.42 Å². The van der Waals surface area contributed by atoms with Crippen molar-refractivity contribution in [2.45, 2.75) is 36.2 Å². The van der Waals surface area contributed by atoms with Gasteiger partial charge in [0.25, 0.3) is 0 Å². The smallest absolute Gasteiger partial charge is 0.156 e. The van der Waals surface area contributed by atoms with E-state index < -0.39 is 9.84 Å². The van der Waals surface area contributed by atoms with Gasteiger partial charge in [-0.05, 0) is 58.9 Å². The number of piperidine rings is 2. The van der Waals surface area contributed by atoms with E-state index in [0.717, 1.165) is 51.9 Å². The molecule has 0 aromatic heterocycles. The van der Waals surface area contributed by atoms with Crippen LogP contribution in [0.25, 0.3) is 0 Å². The topological polar surface area (TPSA) is 49.4 Å². The average molecular weight is 246 g/mol. The molecule has 0 saturated carbocycles. The molecule has 0 amide bonds. The van der Waals surface area contributed by atoms with E-state index in [1.807, 2.05) is 0 Å². The number of hydrogen-bond acceptors (Lipinski definition) is 4. The first kappa shape index (κ1) is 12.3. The van der Waals surface area contributed by atoms with E-state index in [0.29, 0.717) is 0 Å². The molecule has 94 valence electrons. The summed E-state index contributed by atoms with van der Waals surface area (Å²) in [5.74, 6) is 0. The Morgan fingerprint density at radius 1 is 1.00 bits per heavy atom. The van der Waals surface area contributed by atoms with E-state index in [2.05, 4.69) is 17.3 Å². The van der Waals surface area contributed by atoms with Crippen molar-refractivity contribution in [2.75, 3.05) is 33.2 Å². The quantitative estimate of drug-likeness (QED) is 0.759. The molecule has 4 nitrogen and oxygen atoms in total.